The third kappa shape index (κ3) is 5.01. The van der Waals surface area contributed by atoms with Crippen LogP contribution in [0.5, 0.6) is 11.5 Å². The van der Waals surface area contributed by atoms with Crippen molar-refractivity contribution in [3.8, 4) is 11.5 Å². The fourth-order valence-corrected chi connectivity index (χ4v) is 3.40. The van der Waals surface area contributed by atoms with E-state index < -0.39 is 0 Å². The zero-order chi connectivity index (χ0) is 20.6. The number of benzene rings is 1. The van der Waals surface area contributed by atoms with Gasteiger partial charge in [-0.3, -0.25) is 9.79 Å². The highest BCUT2D eigenvalue weighted by Crippen LogP contribution is 2.24. The molecule has 0 saturated carbocycles. The number of nitrogens with zero attached hydrogens (tertiary/aromatic N) is 3. The van der Waals surface area contributed by atoms with E-state index in [9.17, 15) is 4.79 Å². The molecule has 2 heterocycles. The summed E-state index contributed by atoms with van der Waals surface area (Å²) >= 11 is 0. The van der Waals surface area contributed by atoms with E-state index in [2.05, 4.69) is 15.2 Å². The molecule has 0 aliphatic carbocycles. The summed E-state index contributed by atoms with van der Waals surface area (Å²) in [5.41, 5.74) is 1.07. The Morgan fingerprint density at radius 1 is 1.14 bits per heavy atom. The van der Waals surface area contributed by atoms with Crippen LogP contribution in [0.3, 0.4) is 0 Å². The minimum atomic E-state index is -0.0669. The fraction of sp³-hybridized carbons (Fsp3) is 0.429. The zero-order valence-electron chi connectivity index (χ0n) is 17.2. The molecule has 0 spiro atoms. The molecule has 0 radical (unpaired) electrons. The van der Waals surface area contributed by atoms with E-state index >= 15 is 0 Å². The van der Waals surface area contributed by atoms with E-state index in [1.54, 1.807) is 33.4 Å². The monoisotopic (exact) mass is 400 g/mol. The van der Waals surface area contributed by atoms with Gasteiger partial charge in [-0.25, -0.2) is 0 Å². The quantitative estimate of drug-likeness (QED) is 0.589. The van der Waals surface area contributed by atoms with Gasteiger partial charge in [0.25, 0.3) is 5.91 Å². The van der Waals surface area contributed by atoms with Crippen molar-refractivity contribution in [2.24, 2.45) is 4.99 Å². The Morgan fingerprint density at radius 3 is 2.52 bits per heavy atom. The summed E-state index contributed by atoms with van der Waals surface area (Å²) in [6, 6.07) is 9.22. The van der Waals surface area contributed by atoms with Crippen LogP contribution in [0.15, 0.2) is 46.0 Å². The van der Waals surface area contributed by atoms with Gasteiger partial charge < -0.3 is 29.0 Å². The average Bonchev–Trinajstić information content (AvgIpc) is 3.31. The lowest BCUT2D eigenvalue weighted by molar-refractivity contribution is 0.0658. The lowest BCUT2D eigenvalue weighted by Gasteiger charge is -2.36. The van der Waals surface area contributed by atoms with E-state index in [1.807, 2.05) is 23.1 Å². The van der Waals surface area contributed by atoms with Crippen molar-refractivity contribution in [3.05, 3.63) is 47.9 Å². The smallest absolute Gasteiger partial charge is 0.289 e. The van der Waals surface area contributed by atoms with E-state index in [-0.39, 0.29) is 5.91 Å². The predicted molar refractivity (Wildman–Crippen MR) is 111 cm³/mol. The Bertz CT molecular complexity index is 827. The van der Waals surface area contributed by atoms with Crippen LogP contribution in [0, 0.1) is 0 Å². The molecule has 1 aromatic heterocycles. The van der Waals surface area contributed by atoms with Crippen LogP contribution >= 0.6 is 0 Å². The number of rotatable bonds is 6. The molecule has 1 aliphatic heterocycles. The van der Waals surface area contributed by atoms with Crippen LogP contribution in [0.25, 0.3) is 0 Å². The third-order valence-electron chi connectivity index (χ3n) is 4.98. The number of methoxy groups -OCH3 is 2. The normalized spacial score (nSPS) is 14.7. The highest BCUT2D eigenvalue weighted by Gasteiger charge is 2.25. The number of hydrogen-bond acceptors (Lipinski definition) is 5. The Hall–Kier alpha value is -3.16. The standard InChI is InChI=1S/C21H28N4O4/c1-22-21(23-9-8-16-15-17(27-2)6-7-18(16)28-3)25-12-10-24(11-13-25)20(26)19-5-4-14-29-19/h4-7,14-15H,8-13H2,1-3H3,(H,22,23). The lowest BCUT2D eigenvalue weighted by Crippen LogP contribution is -2.54. The number of aliphatic imine (C=N–C) groups is 1. The topological polar surface area (TPSA) is 79.5 Å². The van der Waals surface area contributed by atoms with Crippen LogP contribution in [0.2, 0.25) is 0 Å². The number of piperazine rings is 1. The molecule has 1 aliphatic rings. The summed E-state index contributed by atoms with van der Waals surface area (Å²) in [5.74, 6) is 2.79. The molecule has 0 atom stereocenters. The maximum Gasteiger partial charge on any atom is 0.289 e. The number of furan rings is 1. The van der Waals surface area contributed by atoms with Crippen molar-refractivity contribution >= 4 is 11.9 Å². The minimum Gasteiger partial charge on any atom is -0.497 e. The van der Waals surface area contributed by atoms with Crippen molar-refractivity contribution in [3.63, 3.8) is 0 Å². The van der Waals surface area contributed by atoms with Crippen molar-refractivity contribution in [2.45, 2.75) is 6.42 Å². The number of carbonyl (C=O) groups is 1. The number of hydrogen-bond donors (Lipinski definition) is 1. The number of amides is 1. The van der Waals surface area contributed by atoms with E-state index in [4.69, 9.17) is 13.9 Å². The Morgan fingerprint density at radius 2 is 1.90 bits per heavy atom. The first-order valence-corrected chi connectivity index (χ1v) is 9.65. The molecule has 1 saturated heterocycles. The number of ether oxygens (including phenoxy) is 2. The van der Waals surface area contributed by atoms with Gasteiger partial charge >= 0.3 is 0 Å². The first-order chi connectivity index (χ1) is 14.2. The molecule has 1 N–H and O–H groups in total. The van der Waals surface area contributed by atoms with Crippen LogP contribution in [0.4, 0.5) is 0 Å². The van der Waals surface area contributed by atoms with Crippen molar-refractivity contribution < 1.29 is 18.7 Å². The van der Waals surface area contributed by atoms with Gasteiger partial charge in [-0.2, -0.15) is 0 Å². The maximum atomic E-state index is 12.4. The molecule has 8 heteroatoms. The largest absolute Gasteiger partial charge is 0.497 e. The fourth-order valence-electron chi connectivity index (χ4n) is 3.40. The molecule has 3 rings (SSSR count). The molecular formula is C21H28N4O4. The maximum absolute atomic E-state index is 12.4. The van der Waals surface area contributed by atoms with Gasteiger partial charge in [0.05, 0.1) is 20.5 Å². The molecule has 156 valence electrons. The van der Waals surface area contributed by atoms with Gasteiger partial charge in [0.2, 0.25) is 0 Å². The number of carbonyl (C=O) groups excluding carboxylic acids is 1. The highest BCUT2D eigenvalue weighted by atomic mass is 16.5. The van der Waals surface area contributed by atoms with Gasteiger partial charge in [-0.15, -0.1) is 0 Å². The van der Waals surface area contributed by atoms with Gasteiger partial charge in [-0.1, -0.05) is 0 Å². The molecule has 2 aromatic rings. The Balaban J connectivity index is 1.51. The van der Waals surface area contributed by atoms with E-state index in [0.717, 1.165) is 29.4 Å². The van der Waals surface area contributed by atoms with Crippen molar-refractivity contribution in [1.82, 2.24) is 15.1 Å². The first kappa shape index (κ1) is 20.6. The van der Waals surface area contributed by atoms with Crippen LogP contribution < -0.4 is 14.8 Å². The van der Waals surface area contributed by atoms with Gasteiger partial charge in [0.1, 0.15) is 11.5 Å². The summed E-state index contributed by atoms with van der Waals surface area (Å²) in [4.78, 5) is 20.8. The molecule has 8 nitrogen and oxygen atoms in total. The molecule has 29 heavy (non-hydrogen) atoms. The zero-order valence-corrected chi connectivity index (χ0v) is 17.2. The molecular weight excluding hydrogens is 372 g/mol. The van der Waals surface area contributed by atoms with Gasteiger partial charge in [0, 0.05) is 39.8 Å². The van der Waals surface area contributed by atoms with Gasteiger partial charge in [-0.05, 0) is 42.3 Å². The number of nitrogens with one attached hydrogen (secondary N) is 1. The SMILES string of the molecule is CN=C(NCCc1cc(OC)ccc1OC)N1CCN(C(=O)c2ccco2)CC1. The van der Waals surface area contributed by atoms with E-state index in [1.165, 1.54) is 6.26 Å². The first-order valence-electron chi connectivity index (χ1n) is 9.65. The molecule has 1 amide bonds. The van der Waals surface area contributed by atoms with Gasteiger partial charge in [0.15, 0.2) is 11.7 Å². The second-order valence-corrected chi connectivity index (χ2v) is 6.66. The highest BCUT2D eigenvalue weighted by molar-refractivity contribution is 5.91. The second kappa shape index (κ2) is 9.86. The lowest BCUT2D eigenvalue weighted by atomic mass is 10.1. The number of guanidine groups is 1. The van der Waals surface area contributed by atoms with Crippen molar-refractivity contribution in [1.29, 1.82) is 0 Å². The molecule has 1 fully saturated rings. The van der Waals surface area contributed by atoms with Crippen LogP contribution in [-0.4, -0.2) is 75.7 Å². The summed E-state index contributed by atoms with van der Waals surface area (Å²) in [5, 5.41) is 3.41. The summed E-state index contributed by atoms with van der Waals surface area (Å²) in [6.07, 6.45) is 2.29. The second-order valence-electron chi connectivity index (χ2n) is 6.66. The average molecular weight is 400 g/mol. The summed E-state index contributed by atoms with van der Waals surface area (Å²) < 4.78 is 16.0. The third-order valence-corrected chi connectivity index (χ3v) is 4.98. The molecule has 0 bridgehead atoms. The Labute approximate surface area is 171 Å². The van der Waals surface area contributed by atoms with Crippen LogP contribution in [-0.2, 0) is 6.42 Å². The van der Waals surface area contributed by atoms with Crippen molar-refractivity contribution in [2.75, 3.05) is 54.0 Å². The minimum absolute atomic E-state index is 0.0669. The molecule has 1 aromatic carbocycles. The Kier molecular flexibility index (Phi) is 6.99. The molecule has 0 unspecified atom stereocenters. The summed E-state index contributed by atoms with van der Waals surface area (Å²) in [6.45, 7) is 3.40. The van der Waals surface area contributed by atoms with E-state index in [0.29, 0.717) is 38.5 Å². The summed E-state index contributed by atoms with van der Waals surface area (Å²) in [7, 11) is 5.10. The predicted octanol–water partition coefficient (Wildman–Crippen LogP) is 1.87. The van der Waals surface area contributed by atoms with Crippen LogP contribution in [0.1, 0.15) is 16.1 Å².